The van der Waals surface area contributed by atoms with Crippen LogP contribution in [0.1, 0.15) is 26.2 Å². The minimum absolute atomic E-state index is 0.0144. The molecule has 2 heterocycles. The van der Waals surface area contributed by atoms with Crippen molar-refractivity contribution in [1.29, 1.82) is 0 Å². The monoisotopic (exact) mass is 370 g/mol. The topological polar surface area (TPSA) is 68.7 Å². The Bertz CT molecular complexity index is 796. The van der Waals surface area contributed by atoms with Gasteiger partial charge in [0.1, 0.15) is 11.9 Å². The van der Waals surface area contributed by atoms with Crippen molar-refractivity contribution in [2.75, 3.05) is 26.0 Å². The van der Waals surface area contributed by atoms with Gasteiger partial charge in [0.05, 0.1) is 23.1 Å². The normalized spacial score (nSPS) is 17.2. The van der Waals surface area contributed by atoms with Gasteiger partial charge in [0.15, 0.2) is 0 Å². The van der Waals surface area contributed by atoms with Gasteiger partial charge in [0, 0.05) is 19.2 Å². The highest BCUT2D eigenvalue weighted by Gasteiger charge is 2.28. The number of ether oxygens (including phenoxy) is 2. The summed E-state index contributed by atoms with van der Waals surface area (Å²) in [6.45, 7) is 2.92. The lowest BCUT2D eigenvalue weighted by molar-refractivity contribution is 0.135. The van der Waals surface area contributed by atoms with Crippen LogP contribution in [-0.4, -0.2) is 49.8 Å². The molecule has 2 aromatic rings. The fourth-order valence-corrected chi connectivity index (χ4v) is 5.22. The predicted molar refractivity (Wildman–Crippen MR) is 95.5 cm³/mol. The van der Waals surface area contributed by atoms with Crippen LogP contribution in [0.4, 0.5) is 0 Å². The zero-order chi connectivity index (χ0) is 17.2. The van der Waals surface area contributed by atoms with Gasteiger partial charge in [0.2, 0.25) is 10.0 Å². The molecule has 0 aliphatic carbocycles. The van der Waals surface area contributed by atoms with Crippen molar-refractivity contribution in [1.82, 2.24) is 9.29 Å². The van der Waals surface area contributed by atoms with Crippen molar-refractivity contribution in [2.45, 2.75) is 32.3 Å². The molecular formula is C16H22N2O4S2. The first-order chi connectivity index (χ1) is 11.5. The Morgan fingerprint density at radius 2 is 2.08 bits per heavy atom. The summed E-state index contributed by atoms with van der Waals surface area (Å²) in [6.07, 6.45) is 2.05. The average Bonchev–Trinajstić information content (AvgIpc) is 2.96. The highest BCUT2D eigenvalue weighted by molar-refractivity contribution is 7.89. The molecule has 132 valence electrons. The summed E-state index contributed by atoms with van der Waals surface area (Å²) in [5.41, 5.74) is 0.859. The van der Waals surface area contributed by atoms with E-state index in [0.717, 1.165) is 16.0 Å². The lowest BCUT2D eigenvalue weighted by atomic mass is 10.1. The van der Waals surface area contributed by atoms with Gasteiger partial charge in [-0.2, -0.15) is 0 Å². The van der Waals surface area contributed by atoms with E-state index in [2.05, 4.69) is 4.98 Å². The maximum Gasteiger partial charge on any atom is 0.274 e. The highest BCUT2D eigenvalue weighted by Crippen LogP contribution is 2.32. The lowest BCUT2D eigenvalue weighted by Gasteiger charge is -2.30. The van der Waals surface area contributed by atoms with Crippen molar-refractivity contribution < 1.29 is 17.9 Å². The minimum Gasteiger partial charge on any atom is -0.497 e. The van der Waals surface area contributed by atoms with E-state index >= 15 is 0 Å². The second kappa shape index (κ2) is 7.25. The SMILES string of the molecule is CCCS(=O)(=O)N1CCC(Oc2nc3cc(OC)ccc3s2)CC1. The molecule has 0 radical (unpaired) electrons. The molecule has 1 aromatic heterocycles. The molecule has 24 heavy (non-hydrogen) atoms. The van der Waals surface area contributed by atoms with Gasteiger partial charge in [-0.15, -0.1) is 0 Å². The van der Waals surface area contributed by atoms with Crippen molar-refractivity contribution in [3.05, 3.63) is 18.2 Å². The summed E-state index contributed by atoms with van der Waals surface area (Å²) in [7, 11) is -1.48. The summed E-state index contributed by atoms with van der Waals surface area (Å²) >= 11 is 1.50. The van der Waals surface area contributed by atoms with E-state index in [1.165, 1.54) is 11.3 Å². The second-order valence-corrected chi connectivity index (χ2v) is 8.93. The molecule has 3 rings (SSSR count). The molecule has 0 saturated carbocycles. The van der Waals surface area contributed by atoms with E-state index in [-0.39, 0.29) is 11.9 Å². The number of methoxy groups -OCH3 is 1. The van der Waals surface area contributed by atoms with Crippen molar-refractivity contribution in [3.8, 4) is 10.9 Å². The van der Waals surface area contributed by atoms with Crippen LogP contribution >= 0.6 is 11.3 Å². The molecule has 1 saturated heterocycles. The van der Waals surface area contributed by atoms with E-state index in [0.29, 0.717) is 37.5 Å². The molecule has 0 bridgehead atoms. The molecule has 1 aromatic carbocycles. The molecule has 6 nitrogen and oxygen atoms in total. The van der Waals surface area contributed by atoms with Crippen LogP contribution in [0.3, 0.4) is 0 Å². The Hall–Kier alpha value is -1.38. The number of aromatic nitrogens is 1. The van der Waals surface area contributed by atoms with Crippen molar-refractivity contribution in [2.24, 2.45) is 0 Å². The second-order valence-electron chi connectivity index (χ2n) is 5.85. The molecule has 0 atom stereocenters. The Morgan fingerprint density at radius 1 is 1.33 bits per heavy atom. The highest BCUT2D eigenvalue weighted by atomic mass is 32.2. The molecule has 0 amide bonds. The zero-order valence-corrected chi connectivity index (χ0v) is 15.5. The smallest absolute Gasteiger partial charge is 0.274 e. The molecule has 8 heteroatoms. The number of rotatable bonds is 6. The maximum atomic E-state index is 12.1. The van der Waals surface area contributed by atoms with Gasteiger partial charge in [0.25, 0.3) is 5.19 Å². The Labute approximate surface area is 146 Å². The van der Waals surface area contributed by atoms with E-state index < -0.39 is 10.0 Å². The Balaban J connectivity index is 1.62. The molecule has 1 aliphatic heterocycles. The number of hydrogen-bond acceptors (Lipinski definition) is 6. The molecular weight excluding hydrogens is 348 g/mol. The lowest BCUT2D eigenvalue weighted by Crippen LogP contribution is -2.42. The predicted octanol–water partition coefficient (Wildman–Crippen LogP) is 2.89. The van der Waals surface area contributed by atoms with Crippen LogP contribution < -0.4 is 9.47 Å². The first kappa shape index (κ1) is 17.4. The first-order valence-electron chi connectivity index (χ1n) is 8.11. The van der Waals surface area contributed by atoms with Crippen LogP contribution in [0.5, 0.6) is 10.9 Å². The zero-order valence-electron chi connectivity index (χ0n) is 13.9. The quantitative estimate of drug-likeness (QED) is 0.782. The van der Waals surface area contributed by atoms with E-state index in [9.17, 15) is 8.42 Å². The van der Waals surface area contributed by atoms with Crippen LogP contribution in [0.2, 0.25) is 0 Å². The number of nitrogens with zero attached hydrogens (tertiary/aromatic N) is 2. The third-order valence-electron chi connectivity index (χ3n) is 4.10. The summed E-state index contributed by atoms with van der Waals surface area (Å²) in [5, 5.41) is 0.633. The summed E-state index contributed by atoms with van der Waals surface area (Å²) in [5.74, 6) is 0.992. The van der Waals surface area contributed by atoms with Crippen LogP contribution in [-0.2, 0) is 10.0 Å². The third-order valence-corrected chi connectivity index (χ3v) is 7.10. The van der Waals surface area contributed by atoms with Crippen LogP contribution in [0, 0.1) is 0 Å². The fourth-order valence-electron chi connectivity index (χ4n) is 2.82. The molecule has 1 fully saturated rings. The minimum atomic E-state index is -3.11. The van der Waals surface area contributed by atoms with Gasteiger partial charge < -0.3 is 9.47 Å². The number of benzene rings is 1. The maximum absolute atomic E-state index is 12.1. The molecule has 1 aliphatic rings. The number of hydrogen-bond donors (Lipinski definition) is 0. The van der Waals surface area contributed by atoms with Gasteiger partial charge in [-0.05, 0) is 31.4 Å². The van der Waals surface area contributed by atoms with E-state index in [1.54, 1.807) is 11.4 Å². The largest absolute Gasteiger partial charge is 0.497 e. The Morgan fingerprint density at radius 3 is 2.75 bits per heavy atom. The van der Waals surface area contributed by atoms with E-state index in [4.69, 9.17) is 9.47 Å². The van der Waals surface area contributed by atoms with E-state index in [1.807, 2.05) is 25.1 Å². The molecule has 0 unspecified atom stereocenters. The number of thiazole rings is 1. The summed E-state index contributed by atoms with van der Waals surface area (Å²) < 4.78 is 38.0. The van der Waals surface area contributed by atoms with Crippen molar-refractivity contribution in [3.63, 3.8) is 0 Å². The van der Waals surface area contributed by atoms with Gasteiger partial charge in [-0.25, -0.2) is 17.7 Å². The number of piperidine rings is 1. The number of sulfonamides is 1. The third kappa shape index (κ3) is 3.81. The summed E-state index contributed by atoms with van der Waals surface area (Å²) in [4.78, 5) is 4.50. The van der Waals surface area contributed by atoms with Crippen LogP contribution in [0.25, 0.3) is 10.2 Å². The van der Waals surface area contributed by atoms with Gasteiger partial charge in [-0.3, -0.25) is 0 Å². The fraction of sp³-hybridized carbons (Fsp3) is 0.562. The average molecular weight is 370 g/mol. The standard InChI is InChI=1S/C16H22N2O4S2/c1-3-10-24(19,20)18-8-6-12(7-9-18)22-16-17-14-11-13(21-2)4-5-15(14)23-16/h4-5,11-12H,3,6-10H2,1-2H3. The van der Waals surface area contributed by atoms with Gasteiger partial charge in [-0.1, -0.05) is 18.3 Å². The first-order valence-corrected chi connectivity index (χ1v) is 10.5. The number of fused-ring (bicyclic) bond motifs is 1. The van der Waals surface area contributed by atoms with Crippen molar-refractivity contribution >= 4 is 31.6 Å². The van der Waals surface area contributed by atoms with Crippen LogP contribution in [0.15, 0.2) is 18.2 Å². The molecule has 0 N–H and O–H groups in total. The summed E-state index contributed by atoms with van der Waals surface area (Å²) in [6, 6.07) is 5.76. The molecule has 0 spiro atoms. The van der Waals surface area contributed by atoms with Gasteiger partial charge >= 0.3 is 0 Å². The Kier molecular flexibility index (Phi) is 5.27.